The third-order valence-corrected chi connectivity index (χ3v) is 4.06. The molecule has 2 aromatic heterocycles. The van der Waals surface area contributed by atoms with E-state index in [-0.39, 0.29) is 6.61 Å². The van der Waals surface area contributed by atoms with Gasteiger partial charge in [0.15, 0.2) is 5.58 Å². The predicted octanol–water partition coefficient (Wildman–Crippen LogP) is 4.88. The van der Waals surface area contributed by atoms with Gasteiger partial charge in [-0.15, -0.1) is 0 Å². The zero-order chi connectivity index (χ0) is 18.1. The molecule has 0 saturated heterocycles. The molecule has 0 atom stereocenters. The highest BCUT2D eigenvalue weighted by Crippen LogP contribution is 2.29. The summed E-state index contributed by atoms with van der Waals surface area (Å²) in [6.45, 7) is 0.0620. The standard InChI is InChI=1S/C18H11Cl2N3O3/c19-12-5-11(6-13(20)8-12)17-23-14-2-1-10(7-15(14)26-17)18(24)25-9-16-21-3-4-22-16/h1-8H,9H2,(H,21,22). The molecule has 1 N–H and O–H groups in total. The van der Waals surface area contributed by atoms with Gasteiger partial charge in [-0.05, 0) is 36.4 Å². The summed E-state index contributed by atoms with van der Waals surface area (Å²) in [5, 5.41) is 0.967. The topological polar surface area (TPSA) is 81.0 Å². The van der Waals surface area contributed by atoms with Crippen LogP contribution in [0.25, 0.3) is 22.6 Å². The number of aromatic nitrogens is 3. The van der Waals surface area contributed by atoms with E-state index < -0.39 is 5.97 Å². The summed E-state index contributed by atoms with van der Waals surface area (Å²) in [5.74, 6) is 0.455. The van der Waals surface area contributed by atoms with Gasteiger partial charge in [0.1, 0.15) is 17.9 Å². The molecule has 0 aliphatic heterocycles. The van der Waals surface area contributed by atoms with Crippen LogP contribution in [0.5, 0.6) is 0 Å². The summed E-state index contributed by atoms with van der Waals surface area (Å²) >= 11 is 12.0. The Balaban J connectivity index is 1.60. The van der Waals surface area contributed by atoms with E-state index in [9.17, 15) is 4.79 Å². The minimum Gasteiger partial charge on any atom is -0.454 e. The van der Waals surface area contributed by atoms with Crippen molar-refractivity contribution >= 4 is 40.3 Å². The summed E-state index contributed by atoms with van der Waals surface area (Å²) in [6, 6.07) is 9.94. The van der Waals surface area contributed by atoms with Crippen LogP contribution in [0.15, 0.2) is 53.2 Å². The number of halogens is 2. The molecule has 8 heteroatoms. The van der Waals surface area contributed by atoms with Gasteiger partial charge >= 0.3 is 5.97 Å². The molecule has 0 fully saturated rings. The molecular formula is C18H11Cl2N3O3. The molecule has 26 heavy (non-hydrogen) atoms. The molecule has 0 bridgehead atoms. The van der Waals surface area contributed by atoms with Crippen LogP contribution >= 0.6 is 23.2 Å². The number of hydrogen-bond acceptors (Lipinski definition) is 5. The second-order valence-electron chi connectivity index (χ2n) is 5.47. The number of aromatic amines is 1. The first-order valence-corrected chi connectivity index (χ1v) is 8.36. The molecule has 4 rings (SSSR count). The van der Waals surface area contributed by atoms with E-state index in [2.05, 4.69) is 15.0 Å². The molecular weight excluding hydrogens is 377 g/mol. The molecule has 0 aliphatic rings. The van der Waals surface area contributed by atoms with Crippen molar-refractivity contribution in [3.63, 3.8) is 0 Å². The molecule has 2 heterocycles. The highest BCUT2D eigenvalue weighted by Gasteiger charge is 2.14. The van der Waals surface area contributed by atoms with Gasteiger partial charge in [0.05, 0.1) is 5.56 Å². The number of rotatable bonds is 4. The summed E-state index contributed by atoms with van der Waals surface area (Å²) in [7, 11) is 0. The lowest BCUT2D eigenvalue weighted by molar-refractivity contribution is 0.0463. The van der Waals surface area contributed by atoms with E-state index in [0.29, 0.717) is 44.0 Å². The Morgan fingerprint density at radius 2 is 1.96 bits per heavy atom. The summed E-state index contributed by atoms with van der Waals surface area (Å²) in [5.41, 5.74) is 2.08. The maximum absolute atomic E-state index is 12.2. The third kappa shape index (κ3) is 3.42. The lowest BCUT2D eigenvalue weighted by Gasteiger charge is -2.02. The number of carbonyl (C=O) groups excluding carboxylic acids is 1. The van der Waals surface area contributed by atoms with Gasteiger partial charge < -0.3 is 14.1 Å². The van der Waals surface area contributed by atoms with Crippen molar-refractivity contribution in [3.8, 4) is 11.5 Å². The van der Waals surface area contributed by atoms with E-state index in [1.807, 2.05) is 0 Å². The predicted molar refractivity (Wildman–Crippen MR) is 97.2 cm³/mol. The minimum absolute atomic E-state index is 0.0620. The first-order chi connectivity index (χ1) is 12.6. The highest BCUT2D eigenvalue weighted by molar-refractivity contribution is 6.35. The summed E-state index contributed by atoms with van der Waals surface area (Å²) in [6.07, 6.45) is 3.25. The maximum atomic E-state index is 12.2. The Morgan fingerprint density at radius 1 is 1.15 bits per heavy atom. The Bertz CT molecular complexity index is 1070. The van der Waals surface area contributed by atoms with Crippen LogP contribution < -0.4 is 0 Å². The maximum Gasteiger partial charge on any atom is 0.338 e. The molecule has 2 aromatic carbocycles. The molecule has 0 unspecified atom stereocenters. The van der Waals surface area contributed by atoms with Gasteiger partial charge in [-0.2, -0.15) is 0 Å². The number of nitrogens with one attached hydrogen (secondary N) is 1. The lowest BCUT2D eigenvalue weighted by Crippen LogP contribution is -2.05. The van der Waals surface area contributed by atoms with Crippen LogP contribution in [0.1, 0.15) is 16.2 Å². The number of carbonyl (C=O) groups is 1. The number of imidazole rings is 1. The monoisotopic (exact) mass is 387 g/mol. The second-order valence-corrected chi connectivity index (χ2v) is 6.34. The van der Waals surface area contributed by atoms with Gasteiger partial charge in [-0.25, -0.2) is 14.8 Å². The summed E-state index contributed by atoms with van der Waals surface area (Å²) in [4.78, 5) is 23.5. The number of ether oxygens (including phenoxy) is 1. The molecule has 0 aliphatic carbocycles. The molecule has 130 valence electrons. The van der Waals surface area contributed by atoms with E-state index >= 15 is 0 Å². The zero-order valence-electron chi connectivity index (χ0n) is 13.2. The van der Waals surface area contributed by atoms with Gasteiger partial charge in [-0.1, -0.05) is 23.2 Å². The van der Waals surface area contributed by atoms with E-state index in [1.54, 1.807) is 48.8 Å². The van der Waals surface area contributed by atoms with Gasteiger partial charge in [0.2, 0.25) is 5.89 Å². The number of nitrogens with zero attached hydrogens (tertiary/aromatic N) is 2. The number of hydrogen-bond donors (Lipinski definition) is 1. The fraction of sp³-hybridized carbons (Fsp3) is 0.0556. The SMILES string of the molecule is O=C(OCc1ncc[nH]1)c1ccc2nc(-c3cc(Cl)cc(Cl)c3)oc2c1. The van der Waals surface area contributed by atoms with Crippen molar-refractivity contribution in [2.24, 2.45) is 0 Å². The number of fused-ring (bicyclic) bond motifs is 1. The molecule has 0 amide bonds. The van der Waals surface area contributed by atoms with Crippen molar-refractivity contribution in [2.75, 3.05) is 0 Å². The molecule has 0 spiro atoms. The van der Waals surface area contributed by atoms with Crippen LogP contribution in [0.2, 0.25) is 10.0 Å². The quantitative estimate of drug-likeness (QED) is 0.504. The van der Waals surface area contributed by atoms with Crippen molar-refractivity contribution in [1.82, 2.24) is 15.0 Å². The first-order valence-electron chi connectivity index (χ1n) is 7.61. The van der Waals surface area contributed by atoms with E-state index in [4.69, 9.17) is 32.4 Å². The van der Waals surface area contributed by atoms with E-state index in [1.165, 1.54) is 0 Å². The largest absolute Gasteiger partial charge is 0.454 e. The van der Waals surface area contributed by atoms with E-state index in [0.717, 1.165) is 0 Å². The number of benzene rings is 2. The Labute approximate surface area is 157 Å². The first kappa shape index (κ1) is 16.6. The average Bonchev–Trinajstić information content (AvgIpc) is 3.27. The number of esters is 1. The van der Waals surface area contributed by atoms with Crippen LogP contribution in [0.4, 0.5) is 0 Å². The Morgan fingerprint density at radius 3 is 2.69 bits per heavy atom. The fourth-order valence-corrected chi connectivity index (χ4v) is 2.97. The molecule has 4 aromatic rings. The van der Waals surface area contributed by atoms with Crippen molar-refractivity contribution in [1.29, 1.82) is 0 Å². The molecule has 0 saturated carbocycles. The van der Waals surface area contributed by atoms with Crippen LogP contribution in [0, 0.1) is 0 Å². The van der Waals surface area contributed by atoms with Crippen molar-refractivity contribution in [3.05, 3.63) is 70.2 Å². The Kier molecular flexibility index (Phi) is 4.36. The van der Waals surface area contributed by atoms with Crippen molar-refractivity contribution < 1.29 is 13.9 Å². The smallest absolute Gasteiger partial charge is 0.338 e. The Hall–Kier alpha value is -2.83. The van der Waals surface area contributed by atoms with Gasteiger partial charge in [0, 0.05) is 28.0 Å². The van der Waals surface area contributed by atoms with Crippen LogP contribution in [-0.4, -0.2) is 20.9 Å². The second kappa shape index (κ2) is 6.82. The van der Waals surface area contributed by atoms with Crippen LogP contribution in [-0.2, 0) is 11.3 Å². The molecule has 0 radical (unpaired) electrons. The zero-order valence-corrected chi connectivity index (χ0v) is 14.7. The lowest BCUT2D eigenvalue weighted by atomic mass is 10.2. The average molecular weight is 388 g/mol. The van der Waals surface area contributed by atoms with Crippen LogP contribution in [0.3, 0.4) is 0 Å². The summed E-state index contributed by atoms with van der Waals surface area (Å²) < 4.78 is 11.0. The number of H-pyrrole nitrogens is 1. The normalized spacial score (nSPS) is 11.0. The molecule has 6 nitrogen and oxygen atoms in total. The fourth-order valence-electron chi connectivity index (χ4n) is 2.45. The highest BCUT2D eigenvalue weighted by atomic mass is 35.5. The number of oxazole rings is 1. The minimum atomic E-state index is -0.480. The van der Waals surface area contributed by atoms with Gasteiger partial charge in [-0.3, -0.25) is 0 Å². The van der Waals surface area contributed by atoms with Crippen molar-refractivity contribution in [2.45, 2.75) is 6.61 Å². The third-order valence-electron chi connectivity index (χ3n) is 3.63. The van der Waals surface area contributed by atoms with Gasteiger partial charge in [0.25, 0.3) is 0 Å².